The number of nitrogens with one attached hydrogen (secondary N) is 1. The van der Waals surface area contributed by atoms with E-state index in [-0.39, 0.29) is 11.7 Å². The molecule has 0 radical (unpaired) electrons. The quantitative estimate of drug-likeness (QED) is 0.611. The first-order valence-electron chi connectivity index (χ1n) is 2.96. The van der Waals surface area contributed by atoms with Crippen LogP contribution in [0.25, 0.3) is 0 Å². The highest BCUT2D eigenvalue weighted by atomic mass is 16.1. The standard InChI is InChI=1S/C7H13NO/c1-5(7(3)9)6(2)8-4/h5,8H,2H2,1,3-4H3. The maximum absolute atomic E-state index is 10.6. The van der Waals surface area contributed by atoms with Crippen LogP contribution >= 0.6 is 0 Å². The minimum Gasteiger partial charge on any atom is -0.391 e. The van der Waals surface area contributed by atoms with Crippen molar-refractivity contribution in [3.8, 4) is 0 Å². The van der Waals surface area contributed by atoms with Crippen LogP contribution in [0.1, 0.15) is 13.8 Å². The van der Waals surface area contributed by atoms with Crippen LogP contribution in [-0.2, 0) is 4.79 Å². The summed E-state index contributed by atoms with van der Waals surface area (Å²) in [4.78, 5) is 10.6. The Labute approximate surface area is 56.0 Å². The first-order chi connectivity index (χ1) is 4.09. The molecule has 0 rings (SSSR count). The molecule has 9 heavy (non-hydrogen) atoms. The van der Waals surface area contributed by atoms with E-state index in [1.807, 2.05) is 6.92 Å². The summed E-state index contributed by atoms with van der Waals surface area (Å²) < 4.78 is 0. The molecule has 0 spiro atoms. The van der Waals surface area contributed by atoms with E-state index in [1.54, 1.807) is 14.0 Å². The second-order valence-corrected chi connectivity index (χ2v) is 2.11. The molecule has 0 saturated heterocycles. The van der Waals surface area contributed by atoms with Crippen LogP contribution in [0.3, 0.4) is 0 Å². The second kappa shape index (κ2) is 3.28. The van der Waals surface area contributed by atoms with Crippen molar-refractivity contribution >= 4 is 5.78 Å². The van der Waals surface area contributed by atoms with Crippen molar-refractivity contribution in [2.75, 3.05) is 7.05 Å². The van der Waals surface area contributed by atoms with Gasteiger partial charge >= 0.3 is 0 Å². The minimum absolute atomic E-state index is 0.0602. The Hall–Kier alpha value is -0.790. The number of Topliss-reactive ketones (excluding diaryl/α,β-unsaturated/α-hetero) is 1. The molecule has 0 aromatic rings. The van der Waals surface area contributed by atoms with Crippen molar-refractivity contribution in [3.63, 3.8) is 0 Å². The number of carbonyl (C=O) groups is 1. The van der Waals surface area contributed by atoms with Crippen LogP contribution < -0.4 is 5.32 Å². The summed E-state index contributed by atoms with van der Waals surface area (Å²) in [6.45, 7) is 7.06. The van der Waals surface area contributed by atoms with E-state index in [1.165, 1.54) is 0 Å². The average molecular weight is 127 g/mol. The topological polar surface area (TPSA) is 29.1 Å². The van der Waals surface area contributed by atoms with Gasteiger partial charge in [-0.25, -0.2) is 0 Å². The average Bonchev–Trinajstić information content (AvgIpc) is 1.84. The summed E-state index contributed by atoms with van der Waals surface area (Å²) in [5.74, 6) is 0.0874. The molecule has 0 fully saturated rings. The monoisotopic (exact) mass is 127 g/mol. The predicted octanol–water partition coefficient (Wildman–Crippen LogP) is 0.945. The molecule has 1 unspecified atom stereocenters. The fourth-order valence-electron chi connectivity index (χ4n) is 0.462. The molecular formula is C7H13NO. The second-order valence-electron chi connectivity index (χ2n) is 2.11. The lowest BCUT2D eigenvalue weighted by molar-refractivity contribution is -0.119. The summed E-state index contributed by atoms with van der Waals surface area (Å²) in [7, 11) is 1.77. The Morgan fingerprint density at radius 3 is 2.22 bits per heavy atom. The summed E-state index contributed by atoms with van der Waals surface area (Å²) in [6, 6.07) is 0. The van der Waals surface area contributed by atoms with Crippen LogP contribution in [0, 0.1) is 5.92 Å². The zero-order valence-corrected chi connectivity index (χ0v) is 6.19. The van der Waals surface area contributed by atoms with Crippen LogP contribution in [0.15, 0.2) is 12.3 Å². The first kappa shape index (κ1) is 8.21. The highest BCUT2D eigenvalue weighted by Gasteiger charge is 2.08. The van der Waals surface area contributed by atoms with Gasteiger partial charge < -0.3 is 5.32 Å². The Balaban J connectivity index is 3.88. The number of hydrogen-bond acceptors (Lipinski definition) is 2. The summed E-state index contributed by atoms with van der Waals surface area (Å²) >= 11 is 0. The molecule has 0 amide bonds. The van der Waals surface area contributed by atoms with Gasteiger partial charge in [-0.05, 0) is 13.8 Å². The van der Waals surface area contributed by atoms with Crippen molar-refractivity contribution in [2.24, 2.45) is 5.92 Å². The lowest BCUT2D eigenvalue weighted by atomic mass is 10.1. The summed E-state index contributed by atoms with van der Waals surface area (Å²) in [6.07, 6.45) is 0. The van der Waals surface area contributed by atoms with E-state index < -0.39 is 0 Å². The van der Waals surface area contributed by atoms with Gasteiger partial charge in [0, 0.05) is 12.7 Å². The first-order valence-corrected chi connectivity index (χ1v) is 2.96. The van der Waals surface area contributed by atoms with Gasteiger partial charge in [-0.15, -0.1) is 0 Å². The third kappa shape index (κ3) is 2.31. The number of rotatable bonds is 3. The van der Waals surface area contributed by atoms with Gasteiger partial charge in [0.2, 0.25) is 0 Å². The molecule has 1 N–H and O–H groups in total. The Kier molecular flexibility index (Phi) is 2.99. The smallest absolute Gasteiger partial charge is 0.138 e. The van der Waals surface area contributed by atoms with Gasteiger partial charge in [-0.3, -0.25) is 4.79 Å². The number of allylic oxidation sites excluding steroid dienone is 1. The number of ketones is 1. The van der Waals surface area contributed by atoms with Crippen LogP contribution in [0.4, 0.5) is 0 Å². The molecule has 0 aliphatic rings. The van der Waals surface area contributed by atoms with Gasteiger partial charge in [0.1, 0.15) is 5.78 Å². The van der Waals surface area contributed by atoms with E-state index in [9.17, 15) is 4.79 Å². The van der Waals surface area contributed by atoms with E-state index >= 15 is 0 Å². The van der Waals surface area contributed by atoms with Gasteiger partial charge in [0.15, 0.2) is 0 Å². The summed E-state index contributed by atoms with van der Waals surface area (Å²) in [5.41, 5.74) is 0.780. The number of hydrogen-bond donors (Lipinski definition) is 1. The van der Waals surface area contributed by atoms with Gasteiger partial charge in [-0.2, -0.15) is 0 Å². The van der Waals surface area contributed by atoms with Crippen molar-refractivity contribution < 1.29 is 4.79 Å². The van der Waals surface area contributed by atoms with Crippen molar-refractivity contribution in [1.82, 2.24) is 5.32 Å². The van der Waals surface area contributed by atoms with E-state index in [4.69, 9.17) is 0 Å². The Morgan fingerprint density at radius 1 is 1.67 bits per heavy atom. The normalized spacial score (nSPS) is 12.3. The molecule has 2 heteroatoms. The fourth-order valence-corrected chi connectivity index (χ4v) is 0.462. The minimum atomic E-state index is -0.0602. The van der Waals surface area contributed by atoms with E-state index in [2.05, 4.69) is 11.9 Å². The zero-order valence-electron chi connectivity index (χ0n) is 6.19. The molecule has 1 atom stereocenters. The SMILES string of the molecule is C=C(NC)C(C)C(C)=O. The summed E-state index contributed by atoms with van der Waals surface area (Å²) in [5, 5.41) is 2.83. The van der Waals surface area contributed by atoms with Crippen molar-refractivity contribution in [2.45, 2.75) is 13.8 Å². The van der Waals surface area contributed by atoms with E-state index in [0.29, 0.717) is 0 Å². The fraction of sp³-hybridized carbons (Fsp3) is 0.571. The molecular weight excluding hydrogens is 114 g/mol. The van der Waals surface area contributed by atoms with Crippen molar-refractivity contribution in [1.29, 1.82) is 0 Å². The highest BCUT2D eigenvalue weighted by Crippen LogP contribution is 2.03. The Bertz CT molecular complexity index is 129. The third-order valence-corrected chi connectivity index (χ3v) is 1.45. The number of carbonyl (C=O) groups excluding carboxylic acids is 1. The maximum Gasteiger partial charge on any atom is 0.138 e. The molecule has 0 saturated carbocycles. The zero-order chi connectivity index (χ0) is 7.44. The highest BCUT2D eigenvalue weighted by molar-refractivity contribution is 5.80. The maximum atomic E-state index is 10.6. The van der Waals surface area contributed by atoms with Gasteiger partial charge in [0.25, 0.3) is 0 Å². The van der Waals surface area contributed by atoms with Gasteiger partial charge in [-0.1, -0.05) is 6.58 Å². The van der Waals surface area contributed by atoms with Crippen LogP contribution in [0.5, 0.6) is 0 Å². The lowest BCUT2D eigenvalue weighted by Crippen LogP contribution is -2.18. The molecule has 52 valence electrons. The molecule has 0 aliphatic heterocycles. The lowest BCUT2D eigenvalue weighted by Gasteiger charge is -2.09. The molecule has 0 aliphatic carbocycles. The van der Waals surface area contributed by atoms with Crippen LogP contribution in [-0.4, -0.2) is 12.8 Å². The largest absolute Gasteiger partial charge is 0.391 e. The molecule has 0 heterocycles. The molecule has 0 aromatic heterocycles. The predicted molar refractivity (Wildman–Crippen MR) is 38.0 cm³/mol. The van der Waals surface area contributed by atoms with Crippen molar-refractivity contribution in [3.05, 3.63) is 12.3 Å². The molecule has 2 nitrogen and oxygen atoms in total. The Morgan fingerprint density at radius 2 is 2.11 bits per heavy atom. The van der Waals surface area contributed by atoms with Crippen LogP contribution in [0.2, 0.25) is 0 Å². The third-order valence-electron chi connectivity index (χ3n) is 1.45. The molecule has 0 bridgehead atoms. The van der Waals surface area contributed by atoms with Gasteiger partial charge in [0.05, 0.1) is 5.92 Å². The molecule has 0 aromatic carbocycles. The van der Waals surface area contributed by atoms with E-state index in [0.717, 1.165) is 5.70 Å².